The molecule has 1 N–H and O–H groups in total. The van der Waals surface area contributed by atoms with E-state index in [-0.39, 0.29) is 30.4 Å². The summed E-state index contributed by atoms with van der Waals surface area (Å²) < 4.78 is 5.59. The topological polar surface area (TPSA) is 106 Å². The van der Waals surface area contributed by atoms with Crippen molar-refractivity contribution < 1.29 is 14.0 Å². The first-order valence-corrected chi connectivity index (χ1v) is 13.5. The number of aryl methyl sites for hydroxylation is 1. The number of nitrogens with one attached hydrogen (secondary N) is 1. The molecule has 0 unspecified atom stereocenters. The summed E-state index contributed by atoms with van der Waals surface area (Å²) in [6.45, 7) is 1.77. The fraction of sp³-hybridized carbons (Fsp3) is 0.560. The summed E-state index contributed by atoms with van der Waals surface area (Å²) in [5, 5.41) is 17.7. The monoisotopic (exact) mass is 496 g/mol. The van der Waals surface area contributed by atoms with Gasteiger partial charge in [0.05, 0.1) is 0 Å². The number of thiophene rings is 1. The number of carbonyl (C=O) groups excluding carboxylic acids is 2. The first-order valence-electron chi connectivity index (χ1n) is 12.6. The van der Waals surface area contributed by atoms with Gasteiger partial charge < -0.3 is 14.6 Å². The molecule has 0 bridgehead atoms. The summed E-state index contributed by atoms with van der Waals surface area (Å²) in [5.41, 5.74) is 0. The van der Waals surface area contributed by atoms with Crippen LogP contribution in [-0.4, -0.2) is 49.0 Å². The van der Waals surface area contributed by atoms with E-state index < -0.39 is 6.04 Å². The molecule has 2 aliphatic rings. The number of amides is 2. The molecular weight excluding hydrogens is 464 g/mol. The second-order valence-electron chi connectivity index (χ2n) is 9.55. The van der Waals surface area contributed by atoms with Crippen molar-refractivity contribution in [1.29, 1.82) is 0 Å². The Balaban J connectivity index is 1.41. The Labute approximate surface area is 208 Å². The highest BCUT2D eigenvalue weighted by Crippen LogP contribution is 2.34. The zero-order valence-electron chi connectivity index (χ0n) is 20.1. The van der Waals surface area contributed by atoms with Gasteiger partial charge in [-0.25, -0.2) is 0 Å². The van der Waals surface area contributed by atoms with Crippen LogP contribution in [0.15, 0.2) is 34.1 Å². The Morgan fingerprint density at radius 3 is 2.60 bits per heavy atom. The number of hydrogen-bond acceptors (Lipinski definition) is 7. The number of tetrazole rings is 1. The summed E-state index contributed by atoms with van der Waals surface area (Å²) in [7, 11) is 0. The van der Waals surface area contributed by atoms with Crippen molar-refractivity contribution in [1.82, 2.24) is 30.4 Å². The minimum Gasteiger partial charge on any atom is -0.458 e. The van der Waals surface area contributed by atoms with Crippen LogP contribution in [0, 0.1) is 6.92 Å². The van der Waals surface area contributed by atoms with E-state index in [0.29, 0.717) is 11.6 Å². The van der Waals surface area contributed by atoms with Crippen molar-refractivity contribution in [2.24, 2.45) is 0 Å². The van der Waals surface area contributed by atoms with Crippen molar-refractivity contribution in [3.8, 4) is 11.6 Å². The zero-order valence-corrected chi connectivity index (χ0v) is 20.9. The molecule has 0 saturated heterocycles. The van der Waals surface area contributed by atoms with Crippen LogP contribution >= 0.6 is 11.3 Å². The molecule has 10 heteroatoms. The van der Waals surface area contributed by atoms with E-state index in [4.69, 9.17) is 4.42 Å². The molecular formula is C25H32N6O3S. The van der Waals surface area contributed by atoms with E-state index in [9.17, 15) is 9.59 Å². The van der Waals surface area contributed by atoms with Gasteiger partial charge in [0.15, 0.2) is 5.76 Å². The first kappa shape index (κ1) is 23.7. The summed E-state index contributed by atoms with van der Waals surface area (Å²) in [4.78, 5) is 31.5. The quantitative estimate of drug-likeness (QED) is 0.499. The predicted octanol–water partition coefficient (Wildman–Crippen LogP) is 4.26. The molecule has 186 valence electrons. The maximum atomic E-state index is 13.8. The van der Waals surface area contributed by atoms with Gasteiger partial charge in [-0.1, -0.05) is 38.2 Å². The fourth-order valence-corrected chi connectivity index (χ4v) is 6.09. The number of aromatic nitrogens is 4. The zero-order chi connectivity index (χ0) is 24.2. The van der Waals surface area contributed by atoms with Crippen molar-refractivity contribution in [3.05, 3.63) is 40.3 Å². The average molecular weight is 497 g/mol. The second kappa shape index (κ2) is 10.7. The number of hydrogen-bond donors (Lipinski definition) is 1. The molecule has 5 rings (SSSR count). The Bertz CT molecular complexity index is 1130. The molecule has 3 heterocycles. The Morgan fingerprint density at radius 2 is 1.91 bits per heavy atom. The van der Waals surface area contributed by atoms with Gasteiger partial charge in [0.25, 0.3) is 0 Å². The Morgan fingerprint density at radius 1 is 1.14 bits per heavy atom. The van der Waals surface area contributed by atoms with Crippen molar-refractivity contribution in [3.63, 3.8) is 0 Å². The van der Waals surface area contributed by atoms with Crippen LogP contribution in [0.3, 0.4) is 0 Å². The van der Waals surface area contributed by atoms with Crippen LogP contribution in [0.25, 0.3) is 11.6 Å². The smallest absolute Gasteiger partial charge is 0.248 e. The summed E-state index contributed by atoms with van der Waals surface area (Å²) in [6.07, 6.45) is 9.32. The second-order valence-corrected chi connectivity index (χ2v) is 10.5. The molecule has 0 radical (unpaired) electrons. The molecule has 2 amide bonds. The third kappa shape index (κ3) is 5.47. The Hall–Kier alpha value is -3.01. The molecule has 2 aliphatic carbocycles. The third-order valence-electron chi connectivity index (χ3n) is 6.99. The number of rotatable bonds is 8. The lowest BCUT2D eigenvalue weighted by molar-refractivity contribution is -0.145. The lowest BCUT2D eigenvalue weighted by atomic mass is 9.92. The Kier molecular flexibility index (Phi) is 7.26. The van der Waals surface area contributed by atoms with E-state index in [2.05, 4.69) is 20.7 Å². The average Bonchev–Trinajstić information content (AvgIpc) is 3.66. The molecule has 2 saturated carbocycles. The van der Waals surface area contributed by atoms with Gasteiger partial charge in [-0.05, 0) is 61.4 Å². The number of furan rings is 1. The number of carbonyl (C=O) groups is 2. The van der Waals surface area contributed by atoms with Gasteiger partial charge in [-0.2, -0.15) is 4.80 Å². The molecule has 3 aromatic rings. The highest BCUT2D eigenvalue weighted by Gasteiger charge is 2.38. The van der Waals surface area contributed by atoms with Crippen LogP contribution in [-0.2, 0) is 16.1 Å². The minimum atomic E-state index is -0.651. The van der Waals surface area contributed by atoms with E-state index >= 15 is 0 Å². The molecule has 1 atom stereocenters. The maximum absolute atomic E-state index is 13.8. The molecule has 35 heavy (non-hydrogen) atoms. The van der Waals surface area contributed by atoms with Gasteiger partial charge in [0.2, 0.25) is 17.6 Å². The largest absolute Gasteiger partial charge is 0.458 e. The van der Waals surface area contributed by atoms with Crippen LogP contribution in [0.1, 0.15) is 74.5 Å². The minimum absolute atomic E-state index is 0.00777. The molecule has 2 fully saturated rings. The highest BCUT2D eigenvalue weighted by atomic mass is 32.1. The highest BCUT2D eigenvalue weighted by molar-refractivity contribution is 7.10. The van der Waals surface area contributed by atoms with Crippen molar-refractivity contribution >= 4 is 23.2 Å². The van der Waals surface area contributed by atoms with Crippen LogP contribution in [0.5, 0.6) is 0 Å². The van der Waals surface area contributed by atoms with E-state index in [1.807, 2.05) is 35.4 Å². The first-order chi connectivity index (χ1) is 17.1. The summed E-state index contributed by atoms with van der Waals surface area (Å²) in [6, 6.07) is 7.06. The summed E-state index contributed by atoms with van der Waals surface area (Å²) in [5.74, 6) is 1.35. The lowest BCUT2D eigenvalue weighted by Crippen LogP contribution is -2.51. The van der Waals surface area contributed by atoms with Gasteiger partial charge in [0.1, 0.15) is 18.3 Å². The molecule has 0 aliphatic heterocycles. The molecule has 3 aromatic heterocycles. The molecule has 0 spiro atoms. The predicted molar refractivity (Wildman–Crippen MR) is 131 cm³/mol. The summed E-state index contributed by atoms with van der Waals surface area (Å²) >= 11 is 1.52. The van der Waals surface area contributed by atoms with Crippen molar-refractivity contribution in [2.45, 2.75) is 89.4 Å². The van der Waals surface area contributed by atoms with Gasteiger partial charge in [0, 0.05) is 17.0 Å². The van der Waals surface area contributed by atoms with Gasteiger partial charge >= 0.3 is 0 Å². The SMILES string of the molecule is Cc1ccc(-c2nnn(CC(=O)N(C3CCCCC3)[C@H](C(=O)NC3CCCC3)c3cccs3)n2)o1. The van der Waals surface area contributed by atoms with Gasteiger partial charge in [-0.15, -0.1) is 21.5 Å². The van der Waals surface area contributed by atoms with Crippen LogP contribution in [0.4, 0.5) is 0 Å². The molecule has 0 aromatic carbocycles. The van der Waals surface area contributed by atoms with Crippen LogP contribution < -0.4 is 5.32 Å². The van der Waals surface area contributed by atoms with Crippen molar-refractivity contribution in [2.75, 3.05) is 0 Å². The van der Waals surface area contributed by atoms with E-state index in [1.54, 1.807) is 6.07 Å². The van der Waals surface area contributed by atoms with Crippen LogP contribution in [0.2, 0.25) is 0 Å². The number of nitrogens with zero attached hydrogens (tertiary/aromatic N) is 5. The normalized spacial score (nSPS) is 18.0. The standard InChI is InChI=1S/C25H32N6O3S/c1-17-13-14-20(34-17)24-27-29-30(28-24)16-22(32)31(19-10-3-2-4-11-19)23(21-12-7-15-35-21)25(33)26-18-8-5-6-9-18/h7,12-15,18-19,23H,2-6,8-11,16H2,1H3,(H,26,33)/t23-/m0/s1. The van der Waals surface area contributed by atoms with Gasteiger partial charge in [-0.3, -0.25) is 9.59 Å². The van der Waals surface area contributed by atoms with E-state index in [1.165, 1.54) is 16.1 Å². The third-order valence-corrected chi connectivity index (χ3v) is 7.91. The maximum Gasteiger partial charge on any atom is 0.248 e. The van der Waals surface area contributed by atoms with E-state index in [0.717, 1.165) is 68.4 Å². The lowest BCUT2D eigenvalue weighted by Gasteiger charge is -2.39. The molecule has 9 nitrogen and oxygen atoms in total. The fourth-order valence-electron chi connectivity index (χ4n) is 5.27.